The summed E-state index contributed by atoms with van der Waals surface area (Å²) in [5.41, 5.74) is 10.6. The summed E-state index contributed by atoms with van der Waals surface area (Å²) in [6.07, 6.45) is 0.920. The van der Waals surface area contributed by atoms with Gasteiger partial charge in [-0.3, -0.25) is 9.59 Å². The number of primary amides is 1. The molecule has 0 aromatic carbocycles. The van der Waals surface area contributed by atoms with Crippen molar-refractivity contribution in [3.8, 4) is 0 Å². The van der Waals surface area contributed by atoms with E-state index in [1.165, 1.54) is 25.8 Å². The third-order valence-corrected chi connectivity index (χ3v) is 7.34. The monoisotopic (exact) mass is 424 g/mol. The van der Waals surface area contributed by atoms with E-state index in [9.17, 15) is 14.4 Å². The summed E-state index contributed by atoms with van der Waals surface area (Å²) in [7, 11) is 1.52. The number of carbonyl (C=O) groups excluding carboxylic acids is 3. The summed E-state index contributed by atoms with van der Waals surface area (Å²) in [4.78, 5) is 41.2. The van der Waals surface area contributed by atoms with Gasteiger partial charge in [0.1, 0.15) is 17.0 Å². The number of methoxy groups -OCH3 is 1. The van der Waals surface area contributed by atoms with E-state index in [0.29, 0.717) is 10.9 Å². The number of thioether (sulfide) groups is 1. The molecular weight excluding hydrogens is 404 g/mol. The highest BCUT2D eigenvalue weighted by Gasteiger charge is 2.76. The molecular formula is C17H20N4O5S2. The van der Waals surface area contributed by atoms with Crippen LogP contribution in [0.3, 0.4) is 0 Å². The predicted molar refractivity (Wildman–Crippen MR) is 105 cm³/mol. The maximum atomic E-state index is 13.0. The number of ether oxygens (including phenoxy) is 2. The van der Waals surface area contributed by atoms with Gasteiger partial charge in [-0.15, -0.1) is 11.8 Å². The molecule has 0 radical (unpaired) electrons. The fraction of sp³-hybridized carbons (Fsp3) is 0.529. The third-order valence-electron chi connectivity index (χ3n) is 6.07. The summed E-state index contributed by atoms with van der Waals surface area (Å²) in [6.45, 7) is 1.80. The Labute approximate surface area is 171 Å². The average Bonchev–Trinajstić information content (AvgIpc) is 3.17. The van der Waals surface area contributed by atoms with E-state index in [2.05, 4.69) is 0 Å². The van der Waals surface area contributed by atoms with Crippen LogP contribution in [0.1, 0.15) is 6.92 Å². The molecule has 4 rings (SSSR count). The number of ketones is 2. The predicted octanol–water partition coefficient (Wildman–Crippen LogP) is -0.291. The Bertz CT molecular complexity index is 900. The molecule has 3 heterocycles. The van der Waals surface area contributed by atoms with Crippen molar-refractivity contribution in [1.82, 2.24) is 9.80 Å². The van der Waals surface area contributed by atoms with Crippen LogP contribution in [0.5, 0.6) is 0 Å². The number of carbonyl (C=O) groups is 3. The second-order valence-corrected chi connectivity index (χ2v) is 8.54. The molecule has 1 amide bonds. The van der Waals surface area contributed by atoms with Gasteiger partial charge >= 0.3 is 6.09 Å². The Hall–Kier alpha value is -2.11. The molecule has 0 saturated carbocycles. The summed E-state index contributed by atoms with van der Waals surface area (Å²) in [5.74, 6) is -1.46. The minimum absolute atomic E-state index is 0.0523. The van der Waals surface area contributed by atoms with Crippen molar-refractivity contribution in [1.29, 1.82) is 0 Å². The molecule has 0 spiro atoms. The van der Waals surface area contributed by atoms with Crippen LogP contribution >= 0.6 is 24.0 Å². The number of hydrogen-bond acceptors (Lipinski definition) is 9. The number of nitrogens with two attached hydrogens (primary N) is 2. The fourth-order valence-corrected chi connectivity index (χ4v) is 5.54. The van der Waals surface area contributed by atoms with Crippen molar-refractivity contribution in [2.45, 2.75) is 24.7 Å². The standard InChI is InChI=1S/C17H20N4O5S2/c1-6-10(18)13(23)9-7(5-26-15(19)24)17(25-2)14-8(21(14)16(27)28-3)4-20(17)11(9)12(6)22/h7-8,14H,4-5,18H2,1-3H3,(H2,19,24)/t7-,8+,14-,17-,21?/m1/s1. The number of hydrogen-bond donors (Lipinski definition) is 2. The SMILES string of the molecule is CO[C@@]12[C@H](COC(N)=O)C3=C(C(=O)C(C)=C(N)C3=O)N1C[C@H]1[C@H]2N1C(=S)SC. The quantitative estimate of drug-likeness (QED) is 0.354. The second kappa shape index (κ2) is 6.19. The zero-order chi connectivity index (χ0) is 20.5. The number of amides is 1. The minimum atomic E-state index is -1.07. The van der Waals surface area contributed by atoms with E-state index in [1.807, 2.05) is 16.1 Å². The topological polar surface area (TPSA) is 128 Å². The molecule has 0 bridgehead atoms. The van der Waals surface area contributed by atoms with Crippen molar-refractivity contribution in [2.75, 3.05) is 26.5 Å². The number of rotatable bonds is 3. The molecule has 28 heavy (non-hydrogen) atoms. The van der Waals surface area contributed by atoms with Crippen molar-refractivity contribution in [3.05, 3.63) is 22.5 Å². The van der Waals surface area contributed by atoms with Gasteiger partial charge in [-0.25, -0.2) is 4.79 Å². The zero-order valence-corrected chi connectivity index (χ0v) is 17.2. The minimum Gasteiger partial charge on any atom is -0.449 e. The smallest absolute Gasteiger partial charge is 0.404 e. The van der Waals surface area contributed by atoms with Gasteiger partial charge in [-0.1, -0.05) is 12.2 Å². The lowest BCUT2D eigenvalue weighted by atomic mass is 9.82. The van der Waals surface area contributed by atoms with Crippen molar-refractivity contribution in [2.24, 2.45) is 17.4 Å². The largest absolute Gasteiger partial charge is 0.449 e. The van der Waals surface area contributed by atoms with Gasteiger partial charge < -0.3 is 30.7 Å². The number of fused-ring (bicyclic) bond motifs is 4. The van der Waals surface area contributed by atoms with Crippen molar-refractivity contribution < 1.29 is 23.9 Å². The van der Waals surface area contributed by atoms with Gasteiger partial charge in [0.2, 0.25) is 11.6 Å². The fourth-order valence-electron chi connectivity index (χ4n) is 4.83. The van der Waals surface area contributed by atoms with Gasteiger partial charge in [0.25, 0.3) is 0 Å². The van der Waals surface area contributed by atoms with Crippen LogP contribution < -0.4 is 11.5 Å². The Kier molecular flexibility index (Phi) is 4.25. The van der Waals surface area contributed by atoms with Gasteiger partial charge in [-0.05, 0) is 13.2 Å². The first kappa shape index (κ1) is 19.2. The Balaban J connectivity index is 1.82. The first-order valence-electron chi connectivity index (χ1n) is 8.63. The molecule has 2 saturated heterocycles. The average molecular weight is 425 g/mol. The van der Waals surface area contributed by atoms with E-state index >= 15 is 0 Å². The molecule has 0 aromatic rings. The molecule has 0 aromatic heterocycles. The summed E-state index contributed by atoms with van der Waals surface area (Å²) >= 11 is 6.89. The Morgan fingerprint density at radius 3 is 2.64 bits per heavy atom. The normalized spacial score (nSPS) is 33.2. The Morgan fingerprint density at radius 1 is 1.39 bits per heavy atom. The lowest BCUT2D eigenvalue weighted by Gasteiger charge is -2.41. The van der Waals surface area contributed by atoms with Crippen molar-refractivity contribution in [3.63, 3.8) is 0 Å². The molecule has 150 valence electrons. The maximum Gasteiger partial charge on any atom is 0.404 e. The van der Waals surface area contributed by atoms with Crippen LogP contribution in [0.2, 0.25) is 0 Å². The van der Waals surface area contributed by atoms with E-state index in [0.717, 1.165) is 0 Å². The molecule has 1 aliphatic carbocycles. The first-order chi connectivity index (χ1) is 13.2. The number of thiocarbonyl (C=S) groups is 1. The Morgan fingerprint density at radius 2 is 2.07 bits per heavy atom. The number of piperazine rings is 1. The molecule has 11 heteroatoms. The molecule has 3 aliphatic heterocycles. The van der Waals surface area contributed by atoms with E-state index in [4.69, 9.17) is 33.2 Å². The van der Waals surface area contributed by atoms with Crippen LogP contribution in [0.4, 0.5) is 4.79 Å². The van der Waals surface area contributed by atoms with Crippen LogP contribution in [0, 0.1) is 5.92 Å². The lowest BCUT2D eigenvalue weighted by molar-refractivity contribution is -0.142. The lowest BCUT2D eigenvalue weighted by Crippen LogP contribution is -2.56. The number of allylic oxidation sites excluding steroid dienone is 2. The van der Waals surface area contributed by atoms with Crippen LogP contribution in [-0.4, -0.2) is 76.1 Å². The third kappa shape index (κ3) is 2.17. The van der Waals surface area contributed by atoms with E-state index < -0.39 is 23.5 Å². The summed E-state index contributed by atoms with van der Waals surface area (Å²) < 4.78 is 11.8. The van der Waals surface area contributed by atoms with E-state index in [1.54, 1.807) is 0 Å². The van der Waals surface area contributed by atoms with Crippen molar-refractivity contribution >= 4 is 46.0 Å². The van der Waals surface area contributed by atoms with Crippen LogP contribution in [0.25, 0.3) is 0 Å². The van der Waals surface area contributed by atoms with Gasteiger partial charge in [0, 0.05) is 24.8 Å². The zero-order valence-electron chi connectivity index (χ0n) is 15.6. The first-order valence-corrected chi connectivity index (χ1v) is 10.3. The van der Waals surface area contributed by atoms with Gasteiger partial charge in [0.15, 0.2) is 5.72 Å². The highest BCUT2D eigenvalue weighted by atomic mass is 32.2. The summed E-state index contributed by atoms with van der Waals surface area (Å²) in [5, 5.41) is 0. The maximum absolute atomic E-state index is 13.0. The highest BCUT2D eigenvalue weighted by molar-refractivity contribution is 8.22. The van der Waals surface area contributed by atoms with Crippen LogP contribution in [0.15, 0.2) is 22.5 Å². The molecule has 4 atom stereocenters. The van der Waals surface area contributed by atoms with Gasteiger partial charge in [-0.2, -0.15) is 0 Å². The second-order valence-electron chi connectivity index (χ2n) is 7.10. The van der Waals surface area contributed by atoms with Gasteiger partial charge in [0.05, 0.1) is 23.4 Å². The molecule has 2 fully saturated rings. The number of Topliss-reactive ketones (excluding diaryl/α,β-unsaturated/α-hetero) is 2. The molecule has 4 N–H and O–H groups in total. The van der Waals surface area contributed by atoms with Crippen LogP contribution in [-0.2, 0) is 19.1 Å². The molecule has 4 aliphatic rings. The summed E-state index contributed by atoms with van der Waals surface area (Å²) in [6, 6.07) is -0.122. The number of nitrogens with zero attached hydrogens (tertiary/aromatic N) is 2. The highest BCUT2D eigenvalue weighted by Crippen LogP contribution is 2.60. The molecule has 9 nitrogen and oxygen atoms in total. The van der Waals surface area contributed by atoms with E-state index in [-0.39, 0.29) is 47.0 Å². The molecule has 0 unspecified atom stereocenters.